The van der Waals surface area contributed by atoms with Gasteiger partial charge in [0, 0.05) is 14.6 Å². The van der Waals surface area contributed by atoms with E-state index in [0.29, 0.717) is 8.95 Å². The maximum Gasteiger partial charge on any atom is 0.336 e. The molecule has 0 atom stereocenters. The Morgan fingerprint density at radius 2 is 1.71 bits per heavy atom. The van der Waals surface area contributed by atoms with E-state index in [-0.39, 0.29) is 16.1 Å². The number of hydrogen-bond acceptors (Lipinski definition) is 3. The number of carboxylic acids is 1. The van der Waals surface area contributed by atoms with Crippen molar-refractivity contribution in [3.05, 3.63) is 57.0 Å². The number of nitrogens with one attached hydrogen (secondary N) is 1. The minimum Gasteiger partial charge on any atom is -0.478 e. The van der Waals surface area contributed by atoms with E-state index in [0.717, 1.165) is 0 Å². The van der Waals surface area contributed by atoms with Gasteiger partial charge < -0.3 is 5.11 Å². The molecule has 110 valence electrons. The van der Waals surface area contributed by atoms with Crippen LogP contribution in [-0.4, -0.2) is 19.5 Å². The number of carbonyl (C=O) groups is 1. The summed E-state index contributed by atoms with van der Waals surface area (Å²) in [6.07, 6.45) is 0. The molecule has 8 heteroatoms. The van der Waals surface area contributed by atoms with Gasteiger partial charge in [-0.15, -0.1) is 0 Å². The highest BCUT2D eigenvalue weighted by molar-refractivity contribution is 9.10. The number of rotatable bonds is 4. The zero-order valence-electron chi connectivity index (χ0n) is 10.4. The molecule has 2 N–H and O–H groups in total. The van der Waals surface area contributed by atoms with Gasteiger partial charge in [0.05, 0.1) is 5.56 Å². The summed E-state index contributed by atoms with van der Waals surface area (Å²) in [6, 6.07) is 10.6. The topological polar surface area (TPSA) is 83.5 Å². The Balaban J connectivity index is 2.40. The SMILES string of the molecule is O=C(O)c1cc(NS(=O)(=O)c2ccccc2Br)ccc1Br. The van der Waals surface area contributed by atoms with Gasteiger partial charge in [-0.05, 0) is 62.2 Å². The Bertz CT molecular complexity index is 806. The van der Waals surface area contributed by atoms with Crippen molar-refractivity contribution in [2.24, 2.45) is 0 Å². The van der Waals surface area contributed by atoms with E-state index in [9.17, 15) is 13.2 Å². The van der Waals surface area contributed by atoms with Crippen LogP contribution >= 0.6 is 31.9 Å². The molecule has 2 rings (SSSR count). The third-order valence-electron chi connectivity index (χ3n) is 2.58. The third kappa shape index (κ3) is 3.63. The van der Waals surface area contributed by atoms with Crippen molar-refractivity contribution in [3.8, 4) is 0 Å². The van der Waals surface area contributed by atoms with E-state index in [4.69, 9.17) is 5.11 Å². The lowest BCUT2D eigenvalue weighted by Crippen LogP contribution is -2.14. The average Bonchev–Trinajstić information content (AvgIpc) is 2.40. The highest BCUT2D eigenvalue weighted by Gasteiger charge is 2.18. The zero-order chi connectivity index (χ0) is 15.6. The molecule has 0 bridgehead atoms. The fourth-order valence-corrected chi connectivity index (χ4v) is 4.10. The van der Waals surface area contributed by atoms with E-state index in [1.165, 1.54) is 24.3 Å². The normalized spacial score (nSPS) is 11.1. The molecule has 0 heterocycles. The molecule has 0 aliphatic heterocycles. The predicted octanol–water partition coefficient (Wildman–Crippen LogP) is 3.71. The quantitative estimate of drug-likeness (QED) is 0.768. The Morgan fingerprint density at radius 3 is 2.33 bits per heavy atom. The fourth-order valence-electron chi connectivity index (χ4n) is 1.63. The molecule has 0 radical (unpaired) electrons. The molecule has 0 aliphatic rings. The van der Waals surface area contributed by atoms with Crippen LogP contribution in [0, 0.1) is 0 Å². The molecule has 0 aliphatic carbocycles. The van der Waals surface area contributed by atoms with Crippen molar-refractivity contribution in [1.82, 2.24) is 0 Å². The smallest absolute Gasteiger partial charge is 0.336 e. The summed E-state index contributed by atoms with van der Waals surface area (Å²) in [5.41, 5.74) is 0.147. The highest BCUT2D eigenvalue weighted by atomic mass is 79.9. The van der Waals surface area contributed by atoms with Crippen molar-refractivity contribution >= 4 is 53.5 Å². The van der Waals surface area contributed by atoms with Crippen molar-refractivity contribution in [3.63, 3.8) is 0 Å². The molecule has 0 unspecified atom stereocenters. The first-order valence-corrected chi connectivity index (χ1v) is 8.68. The molecule has 0 spiro atoms. The predicted molar refractivity (Wildman–Crippen MR) is 86.1 cm³/mol. The number of sulfonamides is 1. The van der Waals surface area contributed by atoms with Crippen LogP contribution in [0.25, 0.3) is 0 Å². The van der Waals surface area contributed by atoms with Gasteiger partial charge in [0.15, 0.2) is 0 Å². The van der Waals surface area contributed by atoms with Crippen molar-refractivity contribution < 1.29 is 18.3 Å². The Kier molecular flexibility index (Phi) is 4.70. The van der Waals surface area contributed by atoms with Gasteiger partial charge in [-0.25, -0.2) is 13.2 Å². The second-order valence-corrected chi connectivity index (χ2v) is 7.40. The second-order valence-electron chi connectivity index (χ2n) is 4.04. The van der Waals surface area contributed by atoms with Crippen LogP contribution in [-0.2, 0) is 10.0 Å². The van der Waals surface area contributed by atoms with Gasteiger partial charge in [0.1, 0.15) is 4.90 Å². The van der Waals surface area contributed by atoms with Gasteiger partial charge >= 0.3 is 5.97 Å². The molecule has 2 aromatic carbocycles. The molecule has 0 amide bonds. The number of hydrogen-bond donors (Lipinski definition) is 2. The summed E-state index contributed by atoms with van der Waals surface area (Å²) in [4.78, 5) is 11.1. The van der Waals surface area contributed by atoms with Crippen LogP contribution in [0.15, 0.2) is 56.3 Å². The first-order chi connectivity index (χ1) is 9.81. The summed E-state index contributed by atoms with van der Waals surface area (Å²) < 4.78 is 27.7. The standard InChI is InChI=1S/C13H9Br2NO4S/c14-10-6-5-8(7-9(10)13(17)18)16-21(19,20)12-4-2-1-3-11(12)15/h1-7,16H,(H,17,18). The van der Waals surface area contributed by atoms with Crippen molar-refractivity contribution in [1.29, 1.82) is 0 Å². The number of aromatic carboxylic acids is 1. The summed E-state index contributed by atoms with van der Waals surface area (Å²) in [5, 5.41) is 9.03. The molecule has 0 fully saturated rings. The van der Waals surface area contributed by atoms with Crippen LogP contribution in [0.2, 0.25) is 0 Å². The minimum atomic E-state index is -3.80. The summed E-state index contributed by atoms with van der Waals surface area (Å²) in [6.45, 7) is 0. The number of halogens is 2. The molecule has 5 nitrogen and oxygen atoms in total. The second kappa shape index (κ2) is 6.17. The first kappa shape index (κ1) is 16.0. The van der Waals surface area contributed by atoms with Gasteiger partial charge in [-0.1, -0.05) is 12.1 Å². The van der Waals surface area contributed by atoms with Gasteiger partial charge in [0.25, 0.3) is 10.0 Å². The van der Waals surface area contributed by atoms with E-state index in [1.807, 2.05) is 0 Å². The minimum absolute atomic E-state index is 0.0256. The number of anilines is 1. The third-order valence-corrected chi connectivity index (χ3v) is 5.66. The molecule has 0 saturated heterocycles. The Hall–Kier alpha value is -1.38. The van der Waals surface area contributed by atoms with Crippen LogP contribution in [0.4, 0.5) is 5.69 Å². The maximum atomic E-state index is 12.3. The van der Waals surface area contributed by atoms with Gasteiger partial charge in [0.2, 0.25) is 0 Å². The highest BCUT2D eigenvalue weighted by Crippen LogP contribution is 2.26. The van der Waals surface area contributed by atoms with E-state index in [2.05, 4.69) is 36.6 Å². The Morgan fingerprint density at radius 1 is 1.05 bits per heavy atom. The number of benzene rings is 2. The van der Waals surface area contributed by atoms with Gasteiger partial charge in [-0.2, -0.15) is 0 Å². The van der Waals surface area contributed by atoms with Crippen LogP contribution in [0.1, 0.15) is 10.4 Å². The lowest BCUT2D eigenvalue weighted by atomic mass is 10.2. The lowest BCUT2D eigenvalue weighted by molar-refractivity contribution is 0.0696. The fraction of sp³-hybridized carbons (Fsp3) is 0. The first-order valence-electron chi connectivity index (χ1n) is 5.61. The molecular formula is C13H9Br2NO4S. The summed E-state index contributed by atoms with van der Waals surface area (Å²) >= 11 is 6.28. The zero-order valence-corrected chi connectivity index (χ0v) is 14.4. The summed E-state index contributed by atoms with van der Waals surface area (Å²) in [7, 11) is -3.80. The summed E-state index contributed by atoms with van der Waals surface area (Å²) in [5.74, 6) is -1.15. The molecule has 0 saturated carbocycles. The lowest BCUT2D eigenvalue weighted by Gasteiger charge is -2.10. The molecule has 0 aromatic heterocycles. The van der Waals surface area contributed by atoms with E-state index < -0.39 is 16.0 Å². The van der Waals surface area contributed by atoms with Crippen LogP contribution in [0.5, 0.6) is 0 Å². The van der Waals surface area contributed by atoms with Crippen molar-refractivity contribution in [2.75, 3.05) is 4.72 Å². The molecule has 2 aromatic rings. The van der Waals surface area contributed by atoms with Crippen molar-refractivity contribution in [2.45, 2.75) is 4.90 Å². The van der Waals surface area contributed by atoms with Gasteiger partial charge in [-0.3, -0.25) is 4.72 Å². The average molecular weight is 435 g/mol. The monoisotopic (exact) mass is 433 g/mol. The Labute approximate surface area is 138 Å². The van der Waals surface area contributed by atoms with E-state index in [1.54, 1.807) is 18.2 Å². The van der Waals surface area contributed by atoms with Crippen LogP contribution < -0.4 is 4.72 Å². The van der Waals surface area contributed by atoms with E-state index >= 15 is 0 Å². The number of carboxylic acid groups (broad SMARTS) is 1. The largest absolute Gasteiger partial charge is 0.478 e. The molecule has 21 heavy (non-hydrogen) atoms. The molecular weight excluding hydrogens is 426 g/mol. The van der Waals surface area contributed by atoms with Crippen LogP contribution in [0.3, 0.4) is 0 Å². The maximum absolute atomic E-state index is 12.3.